The summed E-state index contributed by atoms with van der Waals surface area (Å²) in [7, 11) is 1.66. The van der Waals surface area contributed by atoms with Crippen LogP contribution in [0.1, 0.15) is 34.9 Å². The molecule has 0 atom stereocenters. The molecule has 0 aliphatic carbocycles. The first-order valence-electron chi connectivity index (χ1n) is 9.34. The molecule has 142 valence electrons. The van der Waals surface area contributed by atoms with E-state index in [4.69, 9.17) is 10.5 Å². The van der Waals surface area contributed by atoms with Crippen molar-refractivity contribution in [3.05, 3.63) is 76.5 Å². The number of aromatic nitrogens is 2. The van der Waals surface area contributed by atoms with Gasteiger partial charge in [-0.1, -0.05) is 31.2 Å². The molecule has 2 N–H and O–H groups in total. The molecule has 0 unspecified atom stereocenters. The van der Waals surface area contributed by atoms with Gasteiger partial charge in [0.05, 0.1) is 18.5 Å². The molecule has 1 aromatic heterocycles. The maximum absolute atomic E-state index is 6.35. The molecule has 0 saturated heterocycles. The Bertz CT molecular complexity index is 1080. The Kier molecular flexibility index (Phi) is 4.69. The van der Waals surface area contributed by atoms with Crippen LogP contribution in [0.4, 0.5) is 5.82 Å². The first-order valence-corrected chi connectivity index (χ1v) is 9.34. The van der Waals surface area contributed by atoms with Crippen molar-refractivity contribution in [1.29, 1.82) is 0 Å². The third-order valence-corrected chi connectivity index (χ3v) is 5.11. The van der Waals surface area contributed by atoms with Gasteiger partial charge in [0.1, 0.15) is 11.6 Å². The zero-order valence-corrected chi connectivity index (χ0v) is 16.3. The Morgan fingerprint density at radius 1 is 1.07 bits per heavy atom. The zero-order chi connectivity index (χ0) is 19.7. The molecule has 6 heteroatoms. The van der Waals surface area contributed by atoms with Gasteiger partial charge < -0.3 is 10.5 Å². The fraction of sp³-hybridized carbons (Fsp3) is 0.227. The molecule has 0 bridgehead atoms. The van der Waals surface area contributed by atoms with Crippen LogP contribution in [0, 0.1) is 6.92 Å². The molecule has 0 amide bonds. The molecule has 0 radical (unpaired) electrons. The van der Waals surface area contributed by atoms with Crippen molar-refractivity contribution in [2.24, 2.45) is 10.2 Å². The van der Waals surface area contributed by atoms with E-state index in [1.165, 1.54) is 0 Å². The van der Waals surface area contributed by atoms with Crippen LogP contribution in [0.15, 0.2) is 58.7 Å². The third-order valence-electron chi connectivity index (χ3n) is 5.11. The fourth-order valence-corrected chi connectivity index (χ4v) is 3.42. The molecule has 1 aliphatic rings. The van der Waals surface area contributed by atoms with Gasteiger partial charge in [-0.15, -0.1) is 5.10 Å². The number of benzene rings is 2. The summed E-state index contributed by atoms with van der Waals surface area (Å²) >= 11 is 0. The molecule has 3 aromatic rings. The summed E-state index contributed by atoms with van der Waals surface area (Å²) in [4.78, 5) is 0. The third kappa shape index (κ3) is 3.07. The largest absolute Gasteiger partial charge is 0.497 e. The lowest BCUT2D eigenvalue weighted by atomic mass is 9.98. The topological polar surface area (TPSA) is 77.8 Å². The number of nitrogens with zero attached hydrogens (tertiary/aromatic N) is 4. The van der Waals surface area contributed by atoms with Crippen LogP contribution in [0.25, 0.3) is 0 Å². The zero-order valence-electron chi connectivity index (χ0n) is 16.3. The molecule has 0 fully saturated rings. The van der Waals surface area contributed by atoms with Crippen LogP contribution in [-0.4, -0.2) is 28.4 Å². The highest BCUT2D eigenvalue weighted by Gasteiger charge is 2.21. The summed E-state index contributed by atoms with van der Waals surface area (Å²) in [5, 5.41) is 13.8. The Morgan fingerprint density at radius 3 is 2.50 bits per heavy atom. The monoisotopic (exact) mass is 373 g/mol. The van der Waals surface area contributed by atoms with Gasteiger partial charge in [0.15, 0.2) is 5.84 Å². The Balaban J connectivity index is 1.85. The van der Waals surface area contributed by atoms with E-state index in [1.807, 2.05) is 49.4 Å². The molecule has 4 rings (SSSR count). The van der Waals surface area contributed by atoms with Gasteiger partial charge in [-0.05, 0) is 48.7 Å². The van der Waals surface area contributed by atoms with Gasteiger partial charge in [0, 0.05) is 17.5 Å². The number of hydrogen-bond acceptors (Lipinski definition) is 5. The van der Waals surface area contributed by atoms with E-state index in [2.05, 4.69) is 28.3 Å². The van der Waals surface area contributed by atoms with Crippen LogP contribution in [0.2, 0.25) is 0 Å². The second kappa shape index (κ2) is 7.31. The van der Waals surface area contributed by atoms with Gasteiger partial charge >= 0.3 is 0 Å². The highest BCUT2D eigenvalue weighted by Crippen LogP contribution is 2.23. The molecule has 0 saturated carbocycles. The molecular formula is C22H23N5O. The van der Waals surface area contributed by atoms with E-state index in [1.54, 1.807) is 11.8 Å². The highest BCUT2D eigenvalue weighted by atomic mass is 16.5. The van der Waals surface area contributed by atoms with E-state index in [0.717, 1.165) is 45.8 Å². The molecule has 6 nitrogen and oxygen atoms in total. The lowest BCUT2D eigenvalue weighted by molar-refractivity contribution is 0.415. The molecular weight excluding hydrogens is 350 g/mol. The Hall–Kier alpha value is -3.41. The van der Waals surface area contributed by atoms with Crippen LogP contribution < -0.4 is 10.5 Å². The second-order valence-corrected chi connectivity index (χ2v) is 6.76. The minimum absolute atomic E-state index is 0.605. The van der Waals surface area contributed by atoms with Crippen molar-refractivity contribution < 1.29 is 4.74 Å². The van der Waals surface area contributed by atoms with Gasteiger partial charge in [-0.3, -0.25) is 0 Å². The Morgan fingerprint density at radius 2 is 1.82 bits per heavy atom. The van der Waals surface area contributed by atoms with E-state index >= 15 is 0 Å². The van der Waals surface area contributed by atoms with E-state index in [9.17, 15) is 0 Å². The fourth-order valence-electron chi connectivity index (χ4n) is 3.42. The normalized spacial score (nSPS) is 13.4. The minimum Gasteiger partial charge on any atom is -0.497 e. The standard InChI is InChI=1S/C22H23N5O/c1-4-19-14(2)21(23)27(26-19)22-18-8-6-5-7-16(18)13-20(24-25-22)15-9-11-17(28-3)12-10-15/h5-12H,4,13,23H2,1-3H3. The number of hydrogen-bond donors (Lipinski definition) is 1. The summed E-state index contributed by atoms with van der Waals surface area (Å²) in [5.74, 6) is 2.07. The first kappa shape index (κ1) is 18.0. The number of aryl methyl sites for hydroxylation is 1. The number of fused-ring (bicyclic) bond motifs is 1. The van der Waals surface area contributed by atoms with Crippen molar-refractivity contribution in [2.45, 2.75) is 26.7 Å². The lowest BCUT2D eigenvalue weighted by Gasteiger charge is -2.10. The summed E-state index contributed by atoms with van der Waals surface area (Å²) in [6.45, 7) is 4.06. The number of nitrogens with two attached hydrogens (primary N) is 1. The van der Waals surface area contributed by atoms with Crippen molar-refractivity contribution in [3.63, 3.8) is 0 Å². The molecule has 0 spiro atoms. The van der Waals surface area contributed by atoms with E-state index in [-0.39, 0.29) is 0 Å². The van der Waals surface area contributed by atoms with Gasteiger partial charge in [0.25, 0.3) is 0 Å². The van der Waals surface area contributed by atoms with Gasteiger partial charge in [-0.25, -0.2) is 0 Å². The maximum atomic E-state index is 6.35. The Labute approximate surface area is 164 Å². The number of anilines is 1. The number of nitrogen functional groups attached to an aromatic ring is 1. The van der Waals surface area contributed by atoms with Crippen LogP contribution in [-0.2, 0) is 12.8 Å². The van der Waals surface area contributed by atoms with Crippen LogP contribution >= 0.6 is 0 Å². The first-order chi connectivity index (χ1) is 13.6. The molecule has 2 heterocycles. The second-order valence-electron chi connectivity index (χ2n) is 6.76. The highest BCUT2D eigenvalue weighted by molar-refractivity contribution is 6.09. The number of methoxy groups -OCH3 is 1. The van der Waals surface area contributed by atoms with Crippen molar-refractivity contribution in [3.8, 4) is 5.75 Å². The van der Waals surface area contributed by atoms with Crippen molar-refractivity contribution in [2.75, 3.05) is 12.8 Å². The summed E-state index contributed by atoms with van der Waals surface area (Å²) in [6, 6.07) is 16.0. The predicted molar refractivity (Wildman–Crippen MR) is 112 cm³/mol. The summed E-state index contributed by atoms with van der Waals surface area (Å²) in [5.41, 5.74) is 12.4. The molecule has 1 aliphatic heterocycles. The summed E-state index contributed by atoms with van der Waals surface area (Å²) < 4.78 is 6.97. The smallest absolute Gasteiger partial charge is 0.185 e. The van der Waals surface area contributed by atoms with Crippen molar-refractivity contribution >= 4 is 17.4 Å². The maximum Gasteiger partial charge on any atom is 0.185 e. The van der Waals surface area contributed by atoms with Crippen molar-refractivity contribution in [1.82, 2.24) is 9.78 Å². The van der Waals surface area contributed by atoms with Gasteiger partial charge in [-0.2, -0.15) is 14.9 Å². The predicted octanol–water partition coefficient (Wildman–Crippen LogP) is 3.60. The van der Waals surface area contributed by atoms with E-state index < -0.39 is 0 Å². The minimum atomic E-state index is 0.605. The quantitative estimate of drug-likeness (QED) is 0.762. The van der Waals surface area contributed by atoms with Crippen LogP contribution in [0.5, 0.6) is 5.75 Å². The SMILES string of the molecule is CCc1nn(C2=NN=C(c3ccc(OC)cc3)Cc3ccccc32)c(N)c1C. The molecule has 28 heavy (non-hydrogen) atoms. The van der Waals surface area contributed by atoms with Crippen LogP contribution in [0.3, 0.4) is 0 Å². The molecule has 2 aromatic carbocycles. The number of rotatable bonds is 3. The average molecular weight is 373 g/mol. The van der Waals surface area contributed by atoms with Gasteiger partial charge in [0.2, 0.25) is 0 Å². The number of ether oxygens (including phenoxy) is 1. The van der Waals surface area contributed by atoms with E-state index in [0.29, 0.717) is 18.1 Å². The average Bonchev–Trinajstić information content (AvgIpc) is 2.91. The summed E-state index contributed by atoms with van der Waals surface area (Å²) in [6.07, 6.45) is 1.49. The lowest BCUT2D eigenvalue weighted by Crippen LogP contribution is -2.18.